The van der Waals surface area contributed by atoms with E-state index in [9.17, 15) is 9.59 Å². The first-order valence-electron chi connectivity index (χ1n) is 6.33. The minimum atomic E-state index is -0.314. The molecule has 1 heterocycles. The molecule has 0 radical (unpaired) electrons. The number of nitrogens with zero attached hydrogens (tertiary/aromatic N) is 1. The molecule has 1 atom stereocenters. The first kappa shape index (κ1) is 15.7. The molecule has 0 aliphatic rings. The van der Waals surface area contributed by atoms with Gasteiger partial charge in [-0.25, -0.2) is 0 Å². The number of aryl methyl sites for hydroxylation is 2. The monoisotopic (exact) mass is 283 g/mol. The van der Waals surface area contributed by atoms with Crippen molar-refractivity contribution in [3.63, 3.8) is 0 Å². The summed E-state index contributed by atoms with van der Waals surface area (Å²) in [5, 5.41) is 0. The minimum absolute atomic E-state index is 0.0384. The minimum Gasteiger partial charge on any atom is -0.469 e. The fourth-order valence-corrected chi connectivity index (χ4v) is 3.04. The summed E-state index contributed by atoms with van der Waals surface area (Å²) in [6.45, 7) is 6.22. The molecule has 1 rings (SSSR count). The Kier molecular flexibility index (Phi) is 5.54. The van der Waals surface area contributed by atoms with Crippen LogP contribution in [0.1, 0.15) is 34.0 Å². The third kappa shape index (κ3) is 3.80. The van der Waals surface area contributed by atoms with Crippen LogP contribution in [-0.4, -0.2) is 37.5 Å². The van der Waals surface area contributed by atoms with Gasteiger partial charge >= 0.3 is 5.97 Å². The van der Waals surface area contributed by atoms with Gasteiger partial charge in [0.2, 0.25) is 0 Å². The van der Waals surface area contributed by atoms with Crippen molar-refractivity contribution in [2.45, 2.75) is 27.2 Å². The van der Waals surface area contributed by atoms with Crippen molar-refractivity contribution in [1.82, 2.24) is 4.90 Å². The van der Waals surface area contributed by atoms with Crippen molar-refractivity contribution < 1.29 is 14.3 Å². The molecule has 106 valence electrons. The molecule has 0 aromatic carbocycles. The summed E-state index contributed by atoms with van der Waals surface area (Å²) in [6.07, 6.45) is 0.937. The predicted octanol–water partition coefficient (Wildman–Crippen LogP) is 2.50. The van der Waals surface area contributed by atoms with Gasteiger partial charge in [-0.05, 0) is 25.0 Å². The maximum atomic E-state index is 12.3. The lowest BCUT2D eigenvalue weighted by Gasteiger charge is -2.19. The van der Waals surface area contributed by atoms with E-state index in [-0.39, 0.29) is 17.8 Å². The maximum absolute atomic E-state index is 12.3. The molecule has 1 amide bonds. The number of thiophene rings is 1. The van der Waals surface area contributed by atoms with Crippen LogP contribution in [0, 0.1) is 12.8 Å². The molecule has 19 heavy (non-hydrogen) atoms. The van der Waals surface area contributed by atoms with Crippen LogP contribution in [-0.2, 0) is 16.0 Å². The molecule has 0 aliphatic carbocycles. The number of esters is 1. The highest BCUT2D eigenvalue weighted by molar-refractivity contribution is 7.14. The molecule has 5 heteroatoms. The van der Waals surface area contributed by atoms with E-state index in [4.69, 9.17) is 0 Å². The van der Waals surface area contributed by atoms with E-state index >= 15 is 0 Å². The third-order valence-electron chi connectivity index (χ3n) is 3.05. The average Bonchev–Trinajstić information content (AvgIpc) is 2.77. The van der Waals surface area contributed by atoms with E-state index in [1.54, 1.807) is 18.9 Å². The van der Waals surface area contributed by atoms with E-state index in [2.05, 4.69) is 11.7 Å². The van der Waals surface area contributed by atoms with Crippen LogP contribution in [0.15, 0.2) is 6.07 Å². The standard InChI is InChI=1S/C14H21NO3S/c1-6-11-9(2)7-12(19-11)13(16)15(4)8-10(3)14(17)18-5/h7,10H,6,8H2,1-5H3. The normalized spacial score (nSPS) is 12.1. The van der Waals surface area contributed by atoms with Crippen molar-refractivity contribution in [2.24, 2.45) is 5.92 Å². The number of hydrogen-bond donors (Lipinski definition) is 0. The first-order valence-corrected chi connectivity index (χ1v) is 7.14. The molecule has 0 N–H and O–H groups in total. The van der Waals surface area contributed by atoms with Crippen molar-refractivity contribution in [3.8, 4) is 0 Å². The van der Waals surface area contributed by atoms with Gasteiger partial charge in [0, 0.05) is 18.5 Å². The fraction of sp³-hybridized carbons (Fsp3) is 0.571. The van der Waals surface area contributed by atoms with Crippen LogP contribution < -0.4 is 0 Å². The van der Waals surface area contributed by atoms with E-state index in [0.29, 0.717) is 6.54 Å². The highest BCUT2D eigenvalue weighted by Crippen LogP contribution is 2.23. The molecule has 0 saturated heterocycles. The average molecular weight is 283 g/mol. The summed E-state index contributed by atoms with van der Waals surface area (Å²) in [7, 11) is 3.07. The Morgan fingerprint density at radius 3 is 2.58 bits per heavy atom. The molecule has 0 aliphatic heterocycles. The fourth-order valence-electron chi connectivity index (χ4n) is 1.93. The SMILES string of the molecule is CCc1sc(C(=O)N(C)CC(C)C(=O)OC)cc1C. The molecule has 0 spiro atoms. The van der Waals surface area contributed by atoms with Crippen LogP contribution >= 0.6 is 11.3 Å². The predicted molar refractivity (Wildman–Crippen MR) is 76.6 cm³/mol. The van der Waals surface area contributed by atoms with Gasteiger partial charge in [-0.3, -0.25) is 9.59 Å². The second-order valence-electron chi connectivity index (χ2n) is 4.68. The van der Waals surface area contributed by atoms with Crippen molar-refractivity contribution in [2.75, 3.05) is 20.7 Å². The number of rotatable bonds is 5. The summed E-state index contributed by atoms with van der Waals surface area (Å²) in [5.74, 6) is -0.648. The van der Waals surface area contributed by atoms with Gasteiger partial charge in [0.15, 0.2) is 0 Å². The van der Waals surface area contributed by atoms with Gasteiger partial charge in [-0.1, -0.05) is 13.8 Å². The number of methoxy groups -OCH3 is 1. The summed E-state index contributed by atoms with van der Waals surface area (Å²) < 4.78 is 4.66. The molecule has 0 saturated carbocycles. The highest BCUT2D eigenvalue weighted by atomic mass is 32.1. The lowest BCUT2D eigenvalue weighted by Crippen LogP contribution is -2.33. The number of carbonyl (C=O) groups is 2. The Labute approximate surface area is 118 Å². The van der Waals surface area contributed by atoms with Crippen LogP contribution in [0.5, 0.6) is 0 Å². The van der Waals surface area contributed by atoms with Crippen LogP contribution in [0.2, 0.25) is 0 Å². The summed E-state index contributed by atoms with van der Waals surface area (Å²) in [5.41, 5.74) is 1.16. The number of ether oxygens (including phenoxy) is 1. The second kappa shape index (κ2) is 6.70. The molecule has 1 aromatic heterocycles. The lowest BCUT2D eigenvalue weighted by atomic mass is 10.1. The van der Waals surface area contributed by atoms with Gasteiger partial charge in [0.25, 0.3) is 5.91 Å². The Hall–Kier alpha value is -1.36. The number of hydrogen-bond acceptors (Lipinski definition) is 4. The molecular formula is C14H21NO3S. The van der Waals surface area contributed by atoms with Gasteiger partial charge in [-0.15, -0.1) is 11.3 Å². The summed E-state index contributed by atoms with van der Waals surface area (Å²) in [6, 6.07) is 1.92. The van der Waals surface area contributed by atoms with E-state index in [1.165, 1.54) is 23.3 Å². The van der Waals surface area contributed by atoms with Crippen LogP contribution in [0.3, 0.4) is 0 Å². The quantitative estimate of drug-likeness (QED) is 0.780. The zero-order valence-electron chi connectivity index (χ0n) is 12.1. The zero-order valence-corrected chi connectivity index (χ0v) is 13.0. The van der Waals surface area contributed by atoms with Gasteiger partial charge < -0.3 is 9.64 Å². The zero-order chi connectivity index (χ0) is 14.6. The Morgan fingerprint density at radius 2 is 2.11 bits per heavy atom. The Balaban J connectivity index is 2.73. The highest BCUT2D eigenvalue weighted by Gasteiger charge is 2.21. The second-order valence-corrected chi connectivity index (χ2v) is 5.82. The third-order valence-corrected chi connectivity index (χ3v) is 4.42. The lowest BCUT2D eigenvalue weighted by molar-refractivity contribution is -0.145. The summed E-state index contributed by atoms with van der Waals surface area (Å²) in [4.78, 5) is 27.2. The molecule has 1 aromatic rings. The van der Waals surface area contributed by atoms with Gasteiger partial charge in [0.05, 0.1) is 17.9 Å². The van der Waals surface area contributed by atoms with Crippen molar-refractivity contribution >= 4 is 23.2 Å². The van der Waals surface area contributed by atoms with Crippen molar-refractivity contribution in [3.05, 3.63) is 21.4 Å². The summed E-state index contributed by atoms with van der Waals surface area (Å²) >= 11 is 1.53. The maximum Gasteiger partial charge on any atom is 0.310 e. The largest absolute Gasteiger partial charge is 0.469 e. The van der Waals surface area contributed by atoms with Crippen LogP contribution in [0.4, 0.5) is 0 Å². The van der Waals surface area contributed by atoms with Crippen molar-refractivity contribution in [1.29, 1.82) is 0 Å². The van der Waals surface area contributed by atoms with Gasteiger partial charge in [-0.2, -0.15) is 0 Å². The first-order chi connectivity index (χ1) is 8.90. The van der Waals surface area contributed by atoms with Gasteiger partial charge in [0.1, 0.15) is 0 Å². The number of carbonyl (C=O) groups excluding carboxylic acids is 2. The molecule has 0 fully saturated rings. The Morgan fingerprint density at radius 1 is 1.47 bits per heavy atom. The number of amides is 1. The van der Waals surface area contributed by atoms with E-state index in [1.807, 2.05) is 13.0 Å². The molecule has 0 bridgehead atoms. The van der Waals surface area contributed by atoms with E-state index in [0.717, 1.165) is 16.9 Å². The molecule has 4 nitrogen and oxygen atoms in total. The Bertz CT molecular complexity index is 467. The molecule has 1 unspecified atom stereocenters. The molecular weight excluding hydrogens is 262 g/mol. The topological polar surface area (TPSA) is 46.6 Å². The van der Waals surface area contributed by atoms with E-state index < -0.39 is 0 Å². The smallest absolute Gasteiger partial charge is 0.310 e. The van der Waals surface area contributed by atoms with Crippen LogP contribution in [0.25, 0.3) is 0 Å².